The van der Waals surface area contributed by atoms with E-state index in [1.807, 2.05) is 43.6 Å². The normalized spacial score (nSPS) is 10.7. The van der Waals surface area contributed by atoms with Crippen LogP contribution in [0.25, 0.3) is 22.4 Å². The van der Waals surface area contributed by atoms with E-state index in [1.165, 1.54) is 11.1 Å². The number of rotatable bonds is 5. The van der Waals surface area contributed by atoms with Gasteiger partial charge in [-0.2, -0.15) is 0 Å². The summed E-state index contributed by atoms with van der Waals surface area (Å²) in [4.78, 5) is 4.53. The molecule has 1 aromatic heterocycles. The number of hydrogen-bond donors (Lipinski definition) is 1. The Kier molecular flexibility index (Phi) is 4.95. The van der Waals surface area contributed by atoms with Gasteiger partial charge in [0.25, 0.3) is 0 Å². The Morgan fingerprint density at radius 2 is 1.44 bits per heavy atom. The van der Waals surface area contributed by atoms with E-state index in [9.17, 15) is 0 Å². The topological polar surface area (TPSA) is 29.9 Å². The number of nitrogens with zero attached hydrogens (tertiary/aromatic N) is 2. The van der Waals surface area contributed by atoms with Crippen molar-refractivity contribution in [1.29, 1.82) is 0 Å². The summed E-state index contributed by atoms with van der Waals surface area (Å²) in [7, 11) is 2.03. The molecule has 27 heavy (non-hydrogen) atoms. The summed E-state index contributed by atoms with van der Waals surface area (Å²) in [5.41, 5.74) is 5.82. The summed E-state index contributed by atoms with van der Waals surface area (Å²) in [6.45, 7) is 0.703. The van der Waals surface area contributed by atoms with Crippen LogP contribution in [0.4, 0.5) is 5.95 Å². The van der Waals surface area contributed by atoms with Gasteiger partial charge < -0.3 is 9.88 Å². The number of anilines is 1. The summed E-state index contributed by atoms with van der Waals surface area (Å²) >= 11 is 5.94. The highest BCUT2D eigenvalue weighted by Gasteiger charge is 2.09. The van der Waals surface area contributed by atoms with Crippen molar-refractivity contribution in [1.82, 2.24) is 9.55 Å². The van der Waals surface area contributed by atoms with Crippen LogP contribution in [0.2, 0.25) is 5.02 Å². The lowest BCUT2D eigenvalue weighted by Crippen LogP contribution is -2.05. The predicted molar refractivity (Wildman–Crippen MR) is 113 cm³/mol. The second-order valence-electron chi connectivity index (χ2n) is 6.45. The fourth-order valence-electron chi connectivity index (χ4n) is 3.09. The van der Waals surface area contributed by atoms with Crippen LogP contribution in [0.5, 0.6) is 0 Å². The van der Waals surface area contributed by atoms with Gasteiger partial charge in [-0.25, -0.2) is 4.98 Å². The van der Waals surface area contributed by atoms with Crippen LogP contribution in [0.15, 0.2) is 85.1 Å². The number of aromatic nitrogens is 2. The molecular weight excluding hydrogens is 354 g/mol. The molecule has 0 unspecified atom stereocenters. The van der Waals surface area contributed by atoms with Crippen molar-refractivity contribution in [2.75, 3.05) is 5.32 Å². The monoisotopic (exact) mass is 373 g/mol. The maximum absolute atomic E-state index is 5.94. The first kappa shape index (κ1) is 17.4. The van der Waals surface area contributed by atoms with Crippen LogP contribution < -0.4 is 5.32 Å². The van der Waals surface area contributed by atoms with Crippen LogP contribution in [-0.2, 0) is 13.6 Å². The van der Waals surface area contributed by atoms with E-state index in [0.29, 0.717) is 6.54 Å². The molecule has 0 atom stereocenters. The smallest absolute Gasteiger partial charge is 0.203 e. The van der Waals surface area contributed by atoms with Crippen molar-refractivity contribution in [3.63, 3.8) is 0 Å². The van der Waals surface area contributed by atoms with Crippen LogP contribution in [0.3, 0.4) is 0 Å². The van der Waals surface area contributed by atoms with E-state index in [1.54, 1.807) is 0 Å². The third-order valence-electron chi connectivity index (χ3n) is 4.64. The van der Waals surface area contributed by atoms with Crippen molar-refractivity contribution < 1.29 is 0 Å². The molecule has 0 aliphatic rings. The van der Waals surface area contributed by atoms with E-state index in [-0.39, 0.29) is 0 Å². The zero-order valence-corrected chi connectivity index (χ0v) is 15.8. The van der Waals surface area contributed by atoms with Gasteiger partial charge >= 0.3 is 0 Å². The van der Waals surface area contributed by atoms with Crippen LogP contribution in [-0.4, -0.2) is 9.55 Å². The van der Waals surface area contributed by atoms with Gasteiger partial charge in [0.05, 0.1) is 11.9 Å². The van der Waals surface area contributed by atoms with E-state index in [0.717, 1.165) is 27.8 Å². The molecule has 134 valence electrons. The quantitative estimate of drug-likeness (QED) is 0.463. The number of hydrogen-bond acceptors (Lipinski definition) is 2. The second-order valence-corrected chi connectivity index (χ2v) is 6.89. The largest absolute Gasteiger partial charge is 0.352 e. The highest BCUT2D eigenvalue weighted by atomic mass is 35.5. The first-order valence-electron chi connectivity index (χ1n) is 8.86. The van der Waals surface area contributed by atoms with E-state index < -0.39 is 0 Å². The van der Waals surface area contributed by atoms with E-state index >= 15 is 0 Å². The molecule has 1 heterocycles. The van der Waals surface area contributed by atoms with Crippen LogP contribution in [0.1, 0.15) is 5.56 Å². The fourth-order valence-corrected chi connectivity index (χ4v) is 3.22. The molecule has 0 fully saturated rings. The van der Waals surface area contributed by atoms with Gasteiger partial charge in [0.2, 0.25) is 5.95 Å². The minimum atomic E-state index is 0.703. The molecule has 0 amide bonds. The summed E-state index contributed by atoms with van der Waals surface area (Å²) in [5, 5.41) is 4.13. The molecule has 0 saturated carbocycles. The van der Waals surface area contributed by atoms with Gasteiger partial charge in [-0.1, -0.05) is 78.3 Å². The molecule has 3 aromatic carbocycles. The number of halogens is 1. The highest BCUT2D eigenvalue weighted by Crippen LogP contribution is 2.26. The van der Waals surface area contributed by atoms with E-state index in [4.69, 9.17) is 11.6 Å². The number of benzene rings is 3. The van der Waals surface area contributed by atoms with Gasteiger partial charge in [0, 0.05) is 18.6 Å². The Balaban J connectivity index is 1.50. The van der Waals surface area contributed by atoms with Crippen molar-refractivity contribution in [2.24, 2.45) is 7.05 Å². The minimum absolute atomic E-state index is 0.703. The Labute approximate surface area is 164 Å². The molecule has 1 N–H and O–H groups in total. The molecule has 0 aliphatic heterocycles. The molecule has 0 radical (unpaired) electrons. The lowest BCUT2D eigenvalue weighted by Gasteiger charge is -2.09. The van der Waals surface area contributed by atoms with Gasteiger partial charge in [-0.3, -0.25) is 0 Å². The van der Waals surface area contributed by atoms with Gasteiger partial charge in [0.1, 0.15) is 0 Å². The van der Waals surface area contributed by atoms with Crippen LogP contribution in [0, 0.1) is 0 Å². The van der Waals surface area contributed by atoms with Crippen molar-refractivity contribution in [3.05, 3.63) is 95.6 Å². The minimum Gasteiger partial charge on any atom is -0.352 e. The summed E-state index contributed by atoms with van der Waals surface area (Å²) in [6.07, 6.45) is 1.90. The van der Waals surface area contributed by atoms with Crippen LogP contribution >= 0.6 is 11.6 Å². The Morgan fingerprint density at radius 1 is 0.815 bits per heavy atom. The zero-order chi connectivity index (χ0) is 18.6. The van der Waals surface area contributed by atoms with Gasteiger partial charge in [0.15, 0.2) is 0 Å². The molecule has 0 aliphatic carbocycles. The zero-order valence-electron chi connectivity index (χ0n) is 15.1. The molecule has 0 spiro atoms. The standard InChI is InChI=1S/C23H20ClN3/c1-27-22(16-26-23(27)25-15-17-7-13-21(24)14-8-17)20-11-9-19(10-12-20)18-5-3-2-4-6-18/h2-14,16H,15H2,1H3,(H,25,26). The lowest BCUT2D eigenvalue weighted by atomic mass is 10.0. The Bertz CT molecular complexity index is 1020. The van der Waals surface area contributed by atoms with Gasteiger partial charge in [-0.15, -0.1) is 0 Å². The molecule has 0 saturated heterocycles. The predicted octanol–water partition coefficient (Wildman–Crippen LogP) is 6.02. The maximum atomic E-state index is 5.94. The Morgan fingerprint density at radius 3 is 2.15 bits per heavy atom. The first-order valence-corrected chi connectivity index (χ1v) is 9.24. The van der Waals surface area contributed by atoms with Crippen molar-refractivity contribution in [2.45, 2.75) is 6.54 Å². The average Bonchev–Trinajstić information content (AvgIpc) is 3.09. The summed E-state index contributed by atoms with van der Waals surface area (Å²) < 4.78 is 2.08. The second kappa shape index (κ2) is 7.68. The number of imidazole rings is 1. The highest BCUT2D eigenvalue weighted by molar-refractivity contribution is 6.30. The SMILES string of the molecule is Cn1c(-c2ccc(-c3ccccc3)cc2)cnc1NCc1ccc(Cl)cc1. The first-order chi connectivity index (χ1) is 13.2. The number of nitrogens with one attached hydrogen (secondary N) is 1. The third-order valence-corrected chi connectivity index (χ3v) is 4.89. The summed E-state index contributed by atoms with van der Waals surface area (Å²) in [5.74, 6) is 0.840. The Hall–Kier alpha value is -3.04. The molecule has 0 bridgehead atoms. The molecule has 4 rings (SSSR count). The molecule has 3 nitrogen and oxygen atoms in total. The van der Waals surface area contributed by atoms with Crippen molar-refractivity contribution in [3.8, 4) is 22.4 Å². The summed E-state index contributed by atoms with van der Waals surface area (Å²) in [6, 6.07) is 26.8. The fraction of sp³-hybridized carbons (Fsp3) is 0.0870. The molecular formula is C23H20ClN3. The average molecular weight is 374 g/mol. The lowest BCUT2D eigenvalue weighted by molar-refractivity contribution is 0.907. The molecule has 4 heteroatoms. The van der Waals surface area contributed by atoms with E-state index in [2.05, 4.69) is 63.4 Å². The van der Waals surface area contributed by atoms with Gasteiger partial charge in [-0.05, 0) is 34.4 Å². The third kappa shape index (κ3) is 3.88. The molecule has 4 aromatic rings. The maximum Gasteiger partial charge on any atom is 0.203 e. The van der Waals surface area contributed by atoms with Crippen molar-refractivity contribution >= 4 is 17.5 Å².